The molecule has 2 N–H and O–H groups in total. The van der Waals surface area contributed by atoms with Gasteiger partial charge in [-0.05, 0) is 49.6 Å². The first-order valence-corrected chi connectivity index (χ1v) is 15.1. The number of aromatic nitrogens is 6. The third-order valence-electron chi connectivity index (χ3n) is 8.35. The van der Waals surface area contributed by atoms with Gasteiger partial charge in [-0.25, -0.2) is 9.50 Å². The first-order valence-electron chi connectivity index (χ1n) is 15.1. The number of hydrogen-bond acceptors (Lipinski definition) is 7. The van der Waals surface area contributed by atoms with Crippen LogP contribution in [-0.2, 0) is 4.79 Å². The van der Waals surface area contributed by atoms with Crippen molar-refractivity contribution in [1.29, 1.82) is 0 Å². The van der Waals surface area contributed by atoms with Gasteiger partial charge in [0.25, 0.3) is 11.5 Å². The lowest BCUT2D eigenvalue weighted by Gasteiger charge is -2.38. The number of fused-ring (bicyclic) bond motifs is 2. The summed E-state index contributed by atoms with van der Waals surface area (Å²) in [7, 11) is 0. The van der Waals surface area contributed by atoms with E-state index in [4.69, 9.17) is 5.11 Å². The van der Waals surface area contributed by atoms with Crippen molar-refractivity contribution >= 4 is 28.2 Å². The number of carbonyl (C=O) groups is 2. The molecule has 47 heavy (non-hydrogen) atoms. The minimum absolute atomic E-state index is 0.0191. The number of aliphatic hydroxyl groups is 1. The van der Waals surface area contributed by atoms with Crippen LogP contribution >= 0.6 is 0 Å². The van der Waals surface area contributed by atoms with Crippen molar-refractivity contribution in [3.05, 3.63) is 124 Å². The van der Waals surface area contributed by atoms with Crippen LogP contribution in [0.4, 0.5) is 0 Å². The van der Waals surface area contributed by atoms with Crippen LogP contribution in [0, 0.1) is 18.8 Å². The first-order chi connectivity index (χ1) is 22.8. The summed E-state index contributed by atoms with van der Waals surface area (Å²) in [4.78, 5) is 45.5. The Hall–Kier alpha value is -6.06. The number of nitrogens with zero attached hydrogens (tertiary/aromatic N) is 7. The summed E-state index contributed by atoms with van der Waals surface area (Å²) in [5, 5.41) is 22.1. The lowest BCUT2D eigenvalue weighted by atomic mass is 10.0. The van der Waals surface area contributed by atoms with E-state index in [1.54, 1.807) is 50.2 Å². The molecule has 2 amide bonds. The number of nitrogens with one attached hydrogen (secondary N) is 1. The van der Waals surface area contributed by atoms with Crippen LogP contribution in [0.15, 0.2) is 90.2 Å². The maximum atomic E-state index is 14.4. The van der Waals surface area contributed by atoms with Crippen LogP contribution in [-0.4, -0.2) is 70.5 Å². The quantitative estimate of drug-likeness (QED) is 0.271. The van der Waals surface area contributed by atoms with Gasteiger partial charge in [-0.3, -0.25) is 23.6 Å². The monoisotopic (exact) mass is 626 g/mol. The summed E-state index contributed by atoms with van der Waals surface area (Å²) in [5.41, 5.74) is 3.60. The maximum absolute atomic E-state index is 14.4. The Balaban J connectivity index is 1.24. The molecule has 2 aromatic carbocycles. The van der Waals surface area contributed by atoms with E-state index < -0.39 is 12.6 Å². The molecule has 12 nitrogen and oxygen atoms in total. The summed E-state index contributed by atoms with van der Waals surface area (Å²) in [5.74, 6) is 5.66. The van der Waals surface area contributed by atoms with Gasteiger partial charge in [0.15, 0.2) is 5.65 Å². The van der Waals surface area contributed by atoms with Gasteiger partial charge in [-0.2, -0.15) is 10.2 Å². The normalized spacial score (nSPS) is 13.6. The number of carbonyl (C=O) groups excluding carboxylic acids is 2. The van der Waals surface area contributed by atoms with Crippen molar-refractivity contribution in [2.45, 2.75) is 25.9 Å². The molecular weight excluding hydrogens is 596 g/mol. The van der Waals surface area contributed by atoms with Crippen LogP contribution in [0.25, 0.3) is 22.1 Å². The molecule has 12 heteroatoms. The van der Waals surface area contributed by atoms with Gasteiger partial charge in [0.2, 0.25) is 5.91 Å². The minimum Gasteiger partial charge on any atom is -0.387 e. The molecule has 4 aromatic heterocycles. The molecule has 5 heterocycles. The second kappa shape index (κ2) is 12.0. The average Bonchev–Trinajstić information content (AvgIpc) is 3.66. The van der Waals surface area contributed by atoms with Gasteiger partial charge < -0.3 is 15.3 Å². The van der Waals surface area contributed by atoms with E-state index in [9.17, 15) is 14.4 Å². The summed E-state index contributed by atoms with van der Waals surface area (Å²) in [6.07, 6.45) is 6.82. The molecule has 0 bridgehead atoms. The molecule has 0 saturated carbocycles. The molecule has 0 radical (unpaired) electrons. The van der Waals surface area contributed by atoms with E-state index in [0.717, 1.165) is 0 Å². The molecular formula is C35H30N8O4. The molecule has 1 fully saturated rings. The largest absolute Gasteiger partial charge is 0.387 e. The van der Waals surface area contributed by atoms with Crippen LogP contribution < -0.4 is 10.9 Å². The van der Waals surface area contributed by atoms with Crippen molar-refractivity contribution in [2.75, 3.05) is 19.7 Å². The number of amides is 2. The fraction of sp³-hybridized carbons (Fsp3) is 0.200. The van der Waals surface area contributed by atoms with Gasteiger partial charge in [0.1, 0.15) is 12.2 Å². The average molecular weight is 627 g/mol. The van der Waals surface area contributed by atoms with Gasteiger partial charge in [-0.15, -0.1) is 0 Å². The zero-order valence-corrected chi connectivity index (χ0v) is 25.7. The van der Waals surface area contributed by atoms with E-state index in [1.165, 1.54) is 0 Å². The topological polar surface area (TPSA) is 140 Å². The Bertz CT molecular complexity index is 2290. The summed E-state index contributed by atoms with van der Waals surface area (Å²) >= 11 is 0. The second-order valence-electron chi connectivity index (χ2n) is 11.4. The lowest BCUT2D eigenvalue weighted by Crippen LogP contribution is -2.51. The standard InChI is InChI=1S/C35H30N8O4/c1-22(38-34(46)31-23(2)39-41-15-7-14-36-33(31)41)29-16-26-9-6-8-25(32(26)35(47)43(29)27-10-4-3-5-11-27)13-12-24-17-37-42(18-24)28-19-40(20-28)30(45)21-44/h3-11,14-18,22,28,44H,19-21H2,1-2H3,(H,38,46)/t22-/m1/s1. The van der Waals surface area contributed by atoms with Gasteiger partial charge in [-0.1, -0.05) is 42.2 Å². The highest BCUT2D eigenvalue weighted by atomic mass is 16.3. The highest BCUT2D eigenvalue weighted by Gasteiger charge is 2.32. The zero-order chi connectivity index (χ0) is 32.7. The molecule has 234 valence electrons. The van der Waals surface area contributed by atoms with Crippen LogP contribution in [0.5, 0.6) is 0 Å². The summed E-state index contributed by atoms with van der Waals surface area (Å²) in [6.45, 7) is 4.06. The highest BCUT2D eigenvalue weighted by molar-refractivity contribution is 6.01. The number of benzene rings is 2. The number of para-hydroxylation sites is 1. The Morgan fingerprint density at radius 1 is 1.09 bits per heavy atom. The van der Waals surface area contributed by atoms with Crippen molar-refractivity contribution in [3.8, 4) is 17.5 Å². The molecule has 7 rings (SSSR count). The third-order valence-corrected chi connectivity index (χ3v) is 8.35. The third kappa shape index (κ3) is 5.43. The number of likely N-dealkylation sites (tertiary alicyclic amines) is 1. The fourth-order valence-electron chi connectivity index (χ4n) is 5.92. The Labute approximate surface area is 268 Å². The summed E-state index contributed by atoms with van der Waals surface area (Å²) < 4.78 is 4.96. The molecule has 0 unspecified atom stereocenters. The lowest BCUT2D eigenvalue weighted by molar-refractivity contribution is -0.140. The predicted octanol–water partition coefficient (Wildman–Crippen LogP) is 2.80. The first kappa shape index (κ1) is 29.6. The van der Waals surface area contributed by atoms with Crippen molar-refractivity contribution in [1.82, 2.24) is 39.2 Å². The van der Waals surface area contributed by atoms with E-state index >= 15 is 0 Å². The molecule has 0 aliphatic carbocycles. The Morgan fingerprint density at radius 2 is 1.89 bits per heavy atom. The van der Waals surface area contributed by atoms with E-state index in [2.05, 4.69) is 32.3 Å². The van der Waals surface area contributed by atoms with Crippen molar-refractivity contribution in [3.63, 3.8) is 0 Å². The second-order valence-corrected chi connectivity index (χ2v) is 11.4. The SMILES string of the molecule is Cc1nn2cccnc2c1C(=O)N[C@H](C)c1cc2cccc(C#Cc3cnn(C4CN(C(=O)CO)C4)c3)c2c(=O)n1-c1ccccc1. The Morgan fingerprint density at radius 3 is 2.68 bits per heavy atom. The van der Waals surface area contributed by atoms with Gasteiger partial charge >= 0.3 is 0 Å². The van der Waals surface area contributed by atoms with Crippen molar-refractivity contribution < 1.29 is 14.7 Å². The number of rotatable bonds is 6. The van der Waals surface area contributed by atoms with E-state index in [0.29, 0.717) is 63.3 Å². The van der Waals surface area contributed by atoms with Crippen LogP contribution in [0.3, 0.4) is 0 Å². The molecule has 1 atom stereocenters. The number of aliphatic hydroxyl groups excluding tert-OH is 1. The van der Waals surface area contributed by atoms with Gasteiger partial charge in [0, 0.05) is 48.6 Å². The molecule has 1 aliphatic rings. The van der Waals surface area contributed by atoms with Crippen molar-refractivity contribution in [2.24, 2.45) is 0 Å². The van der Waals surface area contributed by atoms with Crippen LogP contribution in [0.1, 0.15) is 51.9 Å². The minimum atomic E-state index is -0.562. The molecule has 0 spiro atoms. The Kier molecular flexibility index (Phi) is 7.59. The highest BCUT2D eigenvalue weighted by Crippen LogP contribution is 2.25. The molecule has 1 saturated heterocycles. The number of aryl methyl sites for hydroxylation is 1. The van der Waals surface area contributed by atoms with Gasteiger partial charge in [0.05, 0.1) is 34.9 Å². The summed E-state index contributed by atoms with van der Waals surface area (Å²) in [6, 6.07) is 17.9. The molecule has 1 aliphatic heterocycles. The molecule has 6 aromatic rings. The van der Waals surface area contributed by atoms with Crippen LogP contribution in [0.2, 0.25) is 0 Å². The van der Waals surface area contributed by atoms with E-state index in [1.807, 2.05) is 67.7 Å². The van der Waals surface area contributed by atoms with E-state index in [-0.39, 0.29) is 23.4 Å². The fourth-order valence-corrected chi connectivity index (χ4v) is 5.92. The zero-order valence-electron chi connectivity index (χ0n) is 25.7. The predicted molar refractivity (Wildman–Crippen MR) is 174 cm³/mol. The smallest absolute Gasteiger partial charge is 0.264 e. The maximum Gasteiger partial charge on any atom is 0.264 e. The number of hydrogen-bond donors (Lipinski definition) is 2. The number of pyridine rings is 1.